The maximum Gasteiger partial charge on any atom is 1.00 e. The summed E-state index contributed by atoms with van der Waals surface area (Å²) >= 11 is 0. The van der Waals surface area contributed by atoms with E-state index in [1.54, 1.807) is 0 Å². The van der Waals surface area contributed by atoms with Crippen molar-refractivity contribution in [2.24, 2.45) is 5.41 Å². The molecule has 0 aromatic heterocycles. The normalized spacial score (nSPS) is 12.5. The Labute approximate surface area is 280 Å². The third-order valence-electron chi connectivity index (χ3n) is 7.11. The van der Waals surface area contributed by atoms with Crippen molar-refractivity contribution in [1.82, 2.24) is 0 Å². The minimum atomic E-state index is -5.52. The van der Waals surface area contributed by atoms with Crippen LogP contribution in [0.3, 0.4) is 0 Å². The first-order chi connectivity index (χ1) is 19.6. The largest absolute Gasteiger partial charge is 1.00 e. The number of hydrogen-bond donors (Lipinski definition) is 1. The van der Waals surface area contributed by atoms with Crippen molar-refractivity contribution in [3.05, 3.63) is 0 Å². The van der Waals surface area contributed by atoms with E-state index in [1.165, 1.54) is 89.9 Å². The summed E-state index contributed by atoms with van der Waals surface area (Å²) in [6, 6.07) is 0. The fourth-order valence-electron chi connectivity index (χ4n) is 4.54. The second-order valence-electron chi connectivity index (χ2n) is 11.3. The minimum Gasteiger partial charge on any atom is -0.725 e. The van der Waals surface area contributed by atoms with Gasteiger partial charge in [-0.2, -0.15) is 8.42 Å². The van der Waals surface area contributed by atoms with Crippen molar-refractivity contribution in [3.63, 3.8) is 0 Å². The monoisotopic (exact) mass is 654 g/mol. The predicted molar refractivity (Wildman–Crippen MR) is 160 cm³/mol. The van der Waals surface area contributed by atoms with Gasteiger partial charge in [-0.05, 0) is 12.8 Å². The molecule has 42 heavy (non-hydrogen) atoms. The summed E-state index contributed by atoms with van der Waals surface area (Å²) in [5.74, 6) is 0. The molecule has 0 aromatic carbocycles. The second kappa shape index (κ2) is 29.1. The van der Waals surface area contributed by atoms with E-state index in [-0.39, 0.29) is 42.8 Å². The van der Waals surface area contributed by atoms with Gasteiger partial charge >= 0.3 is 40.0 Å². The van der Waals surface area contributed by atoms with Crippen molar-refractivity contribution in [2.45, 2.75) is 142 Å². The molecule has 0 amide bonds. The summed E-state index contributed by atoms with van der Waals surface area (Å²) < 4.78 is 75.3. The standard InChI is InChI=1S/C29H60O10S2.Na/c1-3-5-7-9-11-13-15-17-19-21-23-36-26-29(25-30,28-38-41(34,35)39-40(31,32)33)27-37-24-22-20-18-16-14-12-10-8-6-4-2;/h30H,3-28H2,1-2H3,(H,31,32,33);/q;+1/p-1. The quantitative estimate of drug-likeness (QED) is 0.0494. The van der Waals surface area contributed by atoms with Gasteiger partial charge in [-0.3, -0.25) is 0 Å². The number of aliphatic hydroxyl groups is 1. The van der Waals surface area contributed by atoms with Crippen LogP contribution in [0.25, 0.3) is 0 Å². The molecule has 0 spiro atoms. The Morgan fingerprint density at radius 2 is 0.905 bits per heavy atom. The van der Waals surface area contributed by atoms with E-state index >= 15 is 0 Å². The molecule has 0 atom stereocenters. The molecule has 1 N–H and O–H groups in total. The molecule has 0 heterocycles. The zero-order valence-electron chi connectivity index (χ0n) is 26.8. The van der Waals surface area contributed by atoms with Crippen molar-refractivity contribution in [1.29, 1.82) is 0 Å². The van der Waals surface area contributed by atoms with Crippen LogP contribution in [-0.4, -0.2) is 66.1 Å². The van der Waals surface area contributed by atoms with Gasteiger partial charge in [0.2, 0.25) is 10.4 Å². The Morgan fingerprint density at radius 1 is 0.571 bits per heavy atom. The van der Waals surface area contributed by atoms with Crippen LogP contribution in [0.15, 0.2) is 0 Å². The maximum atomic E-state index is 11.8. The van der Waals surface area contributed by atoms with Gasteiger partial charge in [-0.1, -0.05) is 129 Å². The smallest absolute Gasteiger partial charge is 0.725 e. The fourth-order valence-corrected chi connectivity index (χ4v) is 5.91. The van der Waals surface area contributed by atoms with Crippen LogP contribution < -0.4 is 29.6 Å². The molecule has 0 bridgehead atoms. The molecule has 0 aliphatic rings. The van der Waals surface area contributed by atoms with E-state index in [1.807, 2.05) is 0 Å². The maximum absolute atomic E-state index is 11.8. The molecule has 0 aromatic rings. The summed E-state index contributed by atoms with van der Waals surface area (Å²) in [6.45, 7) is 3.98. The Balaban J connectivity index is 0. The van der Waals surface area contributed by atoms with Crippen LogP contribution in [0.1, 0.15) is 142 Å². The average molecular weight is 655 g/mol. The van der Waals surface area contributed by atoms with Gasteiger partial charge in [-0.25, -0.2) is 12.6 Å². The van der Waals surface area contributed by atoms with Crippen molar-refractivity contribution >= 4 is 20.8 Å². The molecule has 0 aliphatic carbocycles. The molecule has 0 radical (unpaired) electrons. The van der Waals surface area contributed by atoms with Crippen molar-refractivity contribution < 1.29 is 73.3 Å². The molecule has 10 nitrogen and oxygen atoms in total. The van der Waals surface area contributed by atoms with Crippen molar-refractivity contribution in [3.8, 4) is 0 Å². The van der Waals surface area contributed by atoms with E-state index in [4.69, 9.17) is 9.47 Å². The van der Waals surface area contributed by atoms with Crippen LogP contribution in [0, 0.1) is 5.41 Å². The number of aliphatic hydroxyl groups excluding tert-OH is 1. The number of ether oxygens (including phenoxy) is 2. The Morgan fingerprint density at radius 3 is 1.21 bits per heavy atom. The molecule has 0 rings (SSSR count). The SMILES string of the molecule is CCCCCCCCCCCCOCC(CO)(COCCCCCCCCCCCC)COS(=O)(=O)OS(=O)(=O)[O-].[Na+]. The van der Waals surface area contributed by atoms with Crippen LogP contribution in [-0.2, 0) is 38.1 Å². The first-order valence-corrected chi connectivity index (χ1v) is 18.6. The Kier molecular flexibility index (Phi) is 31.0. The molecule has 248 valence electrons. The van der Waals surface area contributed by atoms with Gasteiger partial charge in [0.05, 0.1) is 31.8 Å². The zero-order chi connectivity index (χ0) is 30.7. The van der Waals surface area contributed by atoms with E-state index < -0.39 is 39.4 Å². The molecular weight excluding hydrogens is 595 g/mol. The molecule has 0 aliphatic heterocycles. The summed E-state index contributed by atoms with van der Waals surface area (Å²) in [6.07, 6.45) is 23.6. The van der Waals surface area contributed by atoms with Gasteiger partial charge in [0.1, 0.15) is 0 Å². The van der Waals surface area contributed by atoms with E-state index in [0.29, 0.717) is 13.2 Å². The van der Waals surface area contributed by atoms with Gasteiger partial charge in [0.25, 0.3) is 0 Å². The zero-order valence-corrected chi connectivity index (χ0v) is 30.5. The van der Waals surface area contributed by atoms with Gasteiger partial charge in [0.15, 0.2) is 0 Å². The van der Waals surface area contributed by atoms with Crippen molar-refractivity contribution in [2.75, 3.05) is 39.6 Å². The van der Waals surface area contributed by atoms with E-state index in [2.05, 4.69) is 21.7 Å². The summed E-state index contributed by atoms with van der Waals surface area (Å²) in [7, 11) is -10.6. The van der Waals surface area contributed by atoms with E-state index in [0.717, 1.165) is 38.5 Å². The van der Waals surface area contributed by atoms with E-state index in [9.17, 15) is 26.5 Å². The number of unbranched alkanes of at least 4 members (excludes halogenated alkanes) is 18. The summed E-state index contributed by atoms with van der Waals surface area (Å²) in [5, 5.41) is 10.1. The van der Waals surface area contributed by atoms with Crippen LogP contribution in [0.4, 0.5) is 0 Å². The Hall–Kier alpha value is 0.660. The fraction of sp³-hybridized carbons (Fsp3) is 1.00. The second-order valence-corrected chi connectivity index (χ2v) is 13.7. The number of rotatable bonds is 32. The first-order valence-electron chi connectivity index (χ1n) is 15.9. The Bertz CT molecular complexity index is 766. The molecule has 13 heteroatoms. The predicted octanol–water partition coefficient (Wildman–Crippen LogP) is 3.58. The average Bonchev–Trinajstić information content (AvgIpc) is 2.91. The van der Waals surface area contributed by atoms with Gasteiger partial charge in [-0.15, -0.1) is 3.63 Å². The molecule has 0 unspecified atom stereocenters. The summed E-state index contributed by atoms with van der Waals surface area (Å²) in [4.78, 5) is 0. The first kappa shape index (κ1) is 44.8. The minimum absolute atomic E-state index is 0. The third kappa shape index (κ3) is 29.4. The third-order valence-corrected chi connectivity index (χ3v) is 8.85. The summed E-state index contributed by atoms with van der Waals surface area (Å²) in [5.41, 5.74) is -1.26. The molecule has 0 fully saturated rings. The molecular formula is C29H59NaO10S2. The van der Waals surface area contributed by atoms with Crippen LogP contribution >= 0.6 is 0 Å². The number of hydrogen-bond acceptors (Lipinski definition) is 10. The molecule has 0 saturated carbocycles. The molecule has 0 saturated heterocycles. The van der Waals surface area contributed by atoms with Gasteiger partial charge < -0.3 is 19.1 Å². The van der Waals surface area contributed by atoms with Crippen LogP contribution in [0.5, 0.6) is 0 Å². The van der Waals surface area contributed by atoms with Crippen LogP contribution in [0.2, 0.25) is 0 Å². The van der Waals surface area contributed by atoms with Gasteiger partial charge in [0, 0.05) is 13.2 Å². The topological polar surface area (TPSA) is 148 Å².